The second-order valence-electron chi connectivity index (χ2n) is 4.05. The largest absolute Gasteiger partial charge is 0.368 e. The predicted octanol–water partition coefficient (Wildman–Crippen LogP) is -0.244. The van der Waals surface area contributed by atoms with Gasteiger partial charge in [0.1, 0.15) is 0 Å². The maximum absolute atomic E-state index is 11.3. The molecule has 4 N–H and O–H groups in total. The van der Waals surface area contributed by atoms with Gasteiger partial charge in [0.15, 0.2) is 0 Å². The van der Waals surface area contributed by atoms with Crippen LogP contribution in [0.4, 0.5) is 0 Å². The Morgan fingerprint density at radius 2 is 1.93 bits per heavy atom. The van der Waals surface area contributed by atoms with Gasteiger partial charge in [-0.3, -0.25) is 14.9 Å². The molecule has 0 aromatic carbocycles. The minimum absolute atomic E-state index is 0.111. The molecular weight excluding hydrogens is 194 g/mol. The molecule has 0 aliphatic heterocycles. The highest BCUT2D eigenvalue weighted by molar-refractivity contribution is 5.85. The van der Waals surface area contributed by atoms with Crippen molar-refractivity contribution in [3.63, 3.8) is 0 Å². The molecule has 5 heteroatoms. The highest BCUT2D eigenvalue weighted by atomic mass is 16.2. The van der Waals surface area contributed by atoms with E-state index in [4.69, 9.17) is 5.73 Å². The average molecular weight is 215 g/mol. The zero-order valence-corrected chi connectivity index (χ0v) is 9.72. The molecule has 0 unspecified atom stereocenters. The van der Waals surface area contributed by atoms with Crippen molar-refractivity contribution in [3.8, 4) is 0 Å². The molecule has 0 fully saturated rings. The fourth-order valence-electron chi connectivity index (χ4n) is 0.855. The Morgan fingerprint density at radius 3 is 2.40 bits per heavy atom. The van der Waals surface area contributed by atoms with Crippen LogP contribution in [0.25, 0.3) is 0 Å². The minimum Gasteiger partial charge on any atom is -0.368 e. The van der Waals surface area contributed by atoms with Crippen molar-refractivity contribution in [1.82, 2.24) is 10.6 Å². The molecule has 0 aromatic rings. The first kappa shape index (κ1) is 13.9. The molecule has 0 heterocycles. The molecule has 0 saturated carbocycles. The van der Waals surface area contributed by atoms with Crippen molar-refractivity contribution in [1.29, 1.82) is 0 Å². The standard InChI is InChI=1S/C10H21N3O2/c1-4-5-6-12-8(14)7-13-10(2,3)9(11)15/h13H,4-7H2,1-3H3,(H2,11,15)(H,12,14). The highest BCUT2D eigenvalue weighted by Crippen LogP contribution is 1.98. The first-order valence-electron chi connectivity index (χ1n) is 5.21. The van der Waals surface area contributed by atoms with Gasteiger partial charge < -0.3 is 11.1 Å². The highest BCUT2D eigenvalue weighted by Gasteiger charge is 2.24. The van der Waals surface area contributed by atoms with Crippen LogP contribution in [0.3, 0.4) is 0 Å². The second-order valence-corrected chi connectivity index (χ2v) is 4.05. The van der Waals surface area contributed by atoms with Crippen molar-refractivity contribution in [2.45, 2.75) is 39.2 Å². The summed E-state index contributed by atoms with van der Waals surface area (Å²) in [6, 6.07) is 0. The van der Waals surface area contributed by atoms with E-state index in [1.54, 1.807) is 13.8 Å². The van der Waals surface area contributed by atoms with Crippen LogP contribution in [0.15, 0.2) is 0 Å². The topological polar surface area (TPSA) is 84.2 Å². The van der Waals surface area contributed by atoms with E-state index in [9.17, 15) is 9.59 Å². The number of hydrogen-bond donors (Lipinski definition) is 3. The molecule has 2 amide bonds. The van der Waals surface area contributed by atoms with Crippen LogP contribution in [-0.4, -0.2) is 30.4 Å². The Kier molecular flexibility index (Phi) is 5.93. The third-order valence-corrected chi connectivity index (χ3v) is 2.16. The van der Waals surface area contributed by atoms with Crippen molar-refractivity contribution >= 4 is 11.8 Å². The van der Waals surface area contributed by atoms with E-state index in [0.29, 0.717) is 6.54 Å². The Hall–Kier alpha value is -1.10. The van der Waals surface area contributed by atoms with E-state index in [0.717, 1.165) is 12.8 Å². The van der Waals surface area contributed by atoms with Gasteiger partial charge in [-0.15, -0.1) is 0 Å². The molecule has 0 rings (SSSR count). The zero-order valence-electron chi connectivity index (χ0n) is 9.72. The van der Waals surface area contributed by atoms with Gasteiger partial charge in [-0.05, 0) is 20.3 Å². The van der Waals surface area contributed by atoms with Crippen molar-refractivity contribution in [2.24, 2.45) is 5.73 Å². The molecule has 88 valence electrons. The SMILES string of the molecule is CCCCNC(=O)CNC(C)(C)C(N)=O. The van der Waals surface area contributed by atoms with Crippen LogP contribution in [0.5, 0.6) is 0 Å². The number of unbranched alkanes of at least 4 members (excludes halogenated alkanes) is 1. The molecule has 0 aliphatic rings. The maximum atomic E-state index is 11.3. The molecule has 15 heavy (non-hydrogen) atoms. The first-order chi connectivity index (χ1) is 6.90. The molecule has 0 atom stereocenters. The summed E-state index contributed by atoms with van der Waals surface area (Å²) in [5.74, 6) is -0.582. The van der Waals surface area contributed by atoms with E-state index in [-0.39, 0.29) is 12.5 Å². The van der Waals surface area contributed by atoms with E-state index in [1.807, 2.05) is 0 Å². The van der Waals surface area contributed by atoms with Gasteiger partial charge in [0.25, 0.3) is 0 Å². The molecule has 0 aromatic heterocycles. The third-order valence-electron chi connectivity index (χ3n) is 2.16. The van der Waals surface area contributed by atoms with Crippen LogP contribution < -0.4 is 16.4 Å². The van der Waals surface area contributed by atoms with Crippen molar-refractivity contribution < 1.29 is 9.59 Å². The van der Waals surface area contributed by atoms with Gasteiger partial charge in [0, 0.05) is 6.54 Å². The van der Waals surface area contributed by atoms with Crippen LogP contribution in [0.1, 0.15) is 33.6 Å². The number of primary amides is 1. The lowest BCUT2D eigenvalue weighted by molar-refractivity contribution is -0.124. The number of rotatable bonds is 7. The van der Waals surface area contributed by atoms with E-state index in [2.05, 4.69) is 17.6 Å². The molecule has 5 nitrogen and oxygen atoms in total. The summed E-state index contributed by atoms with van der Waals surface area (Å²) in [5.41, 5.74) is 4.30. The van der Waals surface area contributed by atoms with Gasteiger partial charge in [-0.2, -0.15) is 0 Å². The Bertz CT molecular complexity index is 227. The van der Waals surface area contributed by atoms with E-state index >= 15 is 0 Å². The number of carbonyl (C=O) groups is 2. The minimum atomic E-state index is -0.845. The molecule has 0 aliphatic carbocycles. The van der Waals surface area contributed by atoms with Gasteiger partial charge in [0.2, 0.25) is 11.8 Å². The zero-order chi connectivity index (χ0) is 11.9. The maximum Gasteiger partial charge on any atom is 0.237 e. The Labute approximate surface area is 90.8 Å². The summed E-state index contributed by atoms with van der Waals surface area (Å²) in [4.78, 5) is 22.2. The van der Waals surface area contributed by atoms with Crippen LogP contribution in [0.2, 0.25) is 0 Å². The van der Waals surface area contributed by atoms with Crippen molar-refractivity contribution in [2.75, 3.05) is 13.1 Å². The van der Waals surface area contributed by atoms with Crippen LogP contribution in [-0.2, 0) is 9.59 Å². The summed E-state index contributed by atoms with van der Waals surface area (Å²) in [6.07, 6.45) is 2.01. The van der Waals surface area contributed by atoms with E-state index < -0.39 is 11.4 Å². The monoisotopic (exact) mass is 215 g/mol. The number of carbonyl (C=O) groups excluding carboxylic acids is 2. The second kappa shape index (κ2) is 6.40. The summed E-state index contributed by atoms with van der Waals surface area (Å²) in [5, 5.41) is 5.54. The average Bonchev–Trinajstić information content (AvgIpc) is 2.15. The molecule has 0 radical (unpaired) electrons. The normalized spacial score (nSPS) is 11.1. The van der Waals surface area contributed by atoms with Crippen molar-refractivity contribution in [3.05, 3.63) is 0 Å². The smallest absolute Gasteiger partial charge is 0.237 e. The number of nitrogens with one attached hydrogen (secondary N) is 2. The van der Waals surface area contributed by atoms with E-state index in [1.165, 1.54) is 0 Å². The quantitative estimate of drug-likeness (QED) is 0.512. The van der Waals surface area contributed by atoms with Gasteiger partial charge in [0.05, 0.1) is 12.1 Å². The lowest BCUT2D eigenvalue weighted by Gasteiger charge is -2.21. The number of nitrogens with two attached hydrogens (primary N) is 1. The lowest BCUT2D eigenvalue weighted by atomic mass is 10.1. The molecular formula is C10H21N3O2. The summed E-state index contributed by atoms with van der Waals surface area (Å²) >= 11 is 0. The number of amides is 2. The Balaban J connectivity index is 3.75. The molecule has 0 bridgehead atoms. The van der Waals surface area contributed by atoms with Gasteiger partial charge >= 0.3 is 0 Å². The summed E-state index contributed by atoms with van der Waals surface area (Å²) in [6.45, 7) is 6.14. The van der Waals surface area contributed by atoms with Gasteiger partial charge in [-0.25, -0.2) is 0 Å². The lowest BCUT2D eigenvalue weighted by Crippen LogP contribution is -2.53. The van der Waals surface area contributed by atoms with Crippen LogP contribution >= 0.6 is 0 Å². The molecule has 0 spiro atoms. The third kappa shape index (κ3) is 6.06. The fourth-order valence-corrected chi connectivity index (χ4v) is 0.855. The summed E-state index contributed by atoms with van der Waals surface area (Å²) in [7, 11) is 0. The molecule has 0 saturated heterocycles. The Morgan fingerprint density at radius 1 is 1.33 bits per heavy atom. The summed E-state index contributed by atoms with van der Waals surface area (Å²) < 4.78 is 0. The first-order valence-corrected chi connectivity index (χ1v) is 5.21. The predicted molar refractivity (Wildman–Crippen MR) is 59.2 cm³/mol. The van der Waals surface area contributed by atoms with Gasteiger partial charge in [-0.1, -0.05) is 13.3 Å². The number of hydrogen-bond acceptors (Lipinski definition) is 3. The fraction of sp³-hybridized carbons (Fsp3) is 0.800. The van der Waals surface area contributed by atoms with Crippen LogP contribution in [0, 0.1) is 0 Å².